The average Bonchev–Trinajstić information content (AvgIpc) is 2.90. The quantitative estimate of drug-likeness (QED) is 0.746. The molecule has 0 aliphatic carbocycles. The first kappa shape index (κ1) is 17.1. The summed E-state index contributed by atoms with van der Waals surface area (Å²) in [6.07, 6.45) is -4.46. The van der Waals surface area contributed by atoms with Crippen molar-refractivity contribution in [2.75, 3.05) is 6.54 Å². The standard InChI is InChI=1S/C19H17F3N2O/c1-13-11-14-5-2-3-8-17(14)24(13)10-9-23-18(25)15-6-4-7-16(12-15)19(20,21)22/h2-8,11-12H,9-10H2,1H3,(H,23,25). The summed E-state index contributed by atoms with van der Waals surface area (Å²) >= 11 is 0. The van der Waals surface area contributed by atoms with Gasteiger partial charge in [-0.1, -0.05) is 24.3 Å². The zero-order valence-electron chi connectivity index (χ0n) is 13.6. The van der Waals surface area contributed by atoms with Crippen molar-refractivity contribution < 1.29 is 18.0 Å². The maximum atomic E-state index is 12.7. The molecule has 0 atom stereocenters. The molecule has 130 valence electrons. The Kier molecular flexibility index (Phi) is 4.53. The molecule has 0 saturated heterocycles. The number of amides is 1. The summed E-state index contributed by atoms with van der Waals surface area (Å²) in [4.78, 5) is 12.1. The molecule has 1 aromatic heterocycles. The largest absolute Gasteiger partial charge is 0.416 e. The molecule has 2 aromatic carbocycles. The minimum atomic E-state index is -4.46. The number of para-hydroxylation sites is 1. The molecule has 0 spiro atoms. The van der Waals surface area contributed by atoms with Crippen LogP contribution in [0.5, 0.6) is 0 Å². The van der Waals surface area contributed by atoms with Crippen molar-refractivity contribution in [1.82, 2.24) is 9.88 Å². The van der Waals surface area contributed by atoms with E-state index in [1.54, 1.807) is 0 Å². The van der Waals surface area contributed by atoms with Gasteiger partial charge in [-0.15, -0.1) is 0 Å². The summed E-state index contributed by atoms with van der Waals surface area (Å²) in [5, 5.41) is 3.80. The number of nitrogens with zero attached hydrogens (tertiary/aromatic N) is 1. The summed E-state index contributed by atoms with van der Waals surface area (Å²) < 4.78 is 40.3. The molecule has 0 fully saturated rings. The molecular formula is C19H17F3N2O. The highest BCUT2D eigenvalue weighted by Crippen LogP contribution is 2.29. The highest BCUT2D eigenvalue weighted by atomic mass is 19.4. The van der Waals surface area contributed by atoms with Gasteiger partial charge in [0.15, 0.2) is 0 Å². The lowest BCUT2D eigenvalue weighted by atomic mass is 10.1. The predicted octanol–water partition coefficient (Wildman–Crippen LogP) is 4.40. The van der Waals surface area contributed by atoms with E-state index in [4.69, 9.17) is 0 Å². The van der Waals surface area contributed by atoms with Crippen molar-refractivity contribution in [3.8, 4) is 0 Å². The molecule has 3 nitrogen and oxygen atoms in total. The van der Waals surface area contributed by atoms with Crippen LogP contribution in [0.3, 0.4) is 0 Å². The maximum absolute atomic E-state index is 12.7. The van der Waals surface area contributed by atoms with Crippen molar-refractivity contribution in [1.29, 1.82) is 0 Å². The van der Waals surface area contributed by atoms with Gasteiger partial charge in [-0.3, -0.25) is 4.79 Å². The molecule has 1 heterocycles. The third-order valence-electron chi connectivity index (χ3n) is 4.09. The van der Waals surface area contributed by atoms with E-state index in [9.17, 15) is 18.0 Å². The summed E-state index contributed by atoms with van der Waals surface area (Å²) in [6, 6.07) is 14.4. The first-order valence-electron chi connectivity index (χ1n) is 7.86. The highest BCUT2D eigenvalue weighted by molar-refractivity contribution is 5.94. The van der Waals surface area contributed by atoms with Gasteiger partial charge in [-0.25, -0.2) is 0 Å². The Balaban J connectivity index is 1.68. The number of benzene rings is 2. The third-order valence-corrected chi connectivity index (χ3v) is 4.09. The second-order valence-electron chi connectivity index (χ2n) is 5.83. The number of carbonyl (C=O) groups excluding carboxylic acids is 1. The van der Waals surface area contributed by atoms with Crippen LogP contribution < -0.4 is 5.32 Å². The normalized spacial score (nSPS) is 11.7. The topological polar surface area (TPSA) is 34.0 Å². The molecule has 3 rings (SSSR count). The summed E-state index contributed by atoms with van der Waals surface area (Å²) in [5.74, 6) is -0.514. The molecule has 0 radical (unpaired) electrons. The van der Waals surface area contributed by atoms with E-state index in [-0.39, 0.29) is 5.56 Å². The van der Waals surface area contributed by atoms with Crippen LogP contribution in [0.25, 0.3) is 10.9 Å². The van der Waals surface area contributed by atoms with Gasteiger partial charge in [0.2, 0.25) is 0 Å². The smallest absolute Gasteiger partial charge is 0.350 e. The molecule has 0 aliphatic rings. The van der Waals surface area contributed by atoms with Crippen molar-refractivity contribution in [2.24, 2.45) is 0 Å². The monoisotopic (exact) mass is 346 g/mol. The number of nitrogens with one attached hydrogen (secondary N) is 1. The Hall–Kier alpha value is -2.76. The van der Waals surface area contributed by atoms with Gasteiger partial charge in [0, 0.05) is 29.9 Å². The van der Waals surface area contributed by atoms with E-state index in [2.05, 4.69) is 16.0 Å². The Bertz CT molecular complexity index is 912. The van der Waals surface area contributed by atoms with E-state index >= 15 is 0 Å². The van der Waals surface area contributed by atoms with E-state index in [1.165, 1.54) is 12.1 Å². The SMILES string of the molecule is Cc1cc2ccccc2n1CCNC(=O)c1cccc(C(F)(F)F)c1. The summed E-state index contributed by atoms with van der Waals surface area (Å²) in [7, 11) is 0. The van der Waals surface area contributed by atoms with Crippen molar-refractivity contribution in [3.05, 3.63) is 71.4 Å². The van der Waals surface area contributed by atoms with E-state index in [1.807, 2.05) is 31.2 Å². The van der Waals surface area contributed by atoms with Crippen molar-refractivity contribution >= 4 is 16.8 Å². The van der Waals surface area contributed by atoms with E-state index < -0.39 is 17.6 Å². The van der Waals surface area contributed by atoms with Gasteiger partial charge in [-0.05, 0) is 42.6 Å². The lowest BCUT2D eigenvalue weighted by Gasteiger charge is -2.11. The number of hydrogen-bond donors (Lipinski definition) is 1. The second-order valence-corrected chi connectivity index (χ2v) is 5.83. The summed E-state index contributed by atoms with van der Waals surface area (Å²) in [5.41, 5.74) is 1.30. The Morgan fingerprint density at radius 3 is 2.60 bits per heavy atom. The van der Waals surface area contributed by atoms with Gasteiger partial charge >= 0.3 is 6.18 Å². The number of halogens is 3. The Morgan fingerprint density at radius 2 is 1.84 bits per heavy atom. The molecule has 3 aromatic rings. The van der Waals surface area contributed by atoms with Gasteiger partial charge in [0.1, 0.15) is 0 Å². The van der Waals surface area contributed by atoms with Crippen molar-refractivity contribution in [2.45, 2.75) is 19.6 Å². The minimum absolute atomic E-state index is 0.00362. The second kappa shape index (κ2) is 6.63. The zero-order valence-corrected chi connectivity index (χ0v) is 13.6. The van der Waals surface area contributed by atoms with Gasteiger partial charge in [0.25, 0.3) is 5.91 Å². The lowest BCUT2D eigenvalue weighted by Crippen LogP contribution is -2.27. The van der Waals surface area contributed by atoms with Crippen LogP contribution >= 0.6 is 0 Å². The van der Waals surface area contributed by atoms with Gasteiger partial charge in [0.05, 0.1) is 5.56 Å². The molecular weight excluding hydrogens is 329 g/mol. The fourth-order valence-electron chi connectivity index (χ4n) is 2.87. The molecule has 0 aliphatic heterocycles. The molecule has 1 N–H and O–H groups in total. The zero-order chi connectivity index (χ0) is 18.0. The molecule has 6 heteroatoms. The van der Waals surface area contributed by atoms with Crippen LogP contribution in [0.2, 0.25) is 0 Å². The number of fused-ring (bicyclic) bond motifs is 1. The average molecular weight is 346 g/mol. The molecule has 25 heavy (non-hydrogen) atoms. The third kappa shape index (κ3) is 3.68. The Morgan fingerprint density at radius 1 is 1.08 bits per heavy atom. The van der Waals surface area contributed by atoms with Gasteiger partial charge in [-0.2, -0.15) is 13.2 Å². The number of aryl methyl sites for hydroxylation is 1. The Labute approximate surface area is 143 Å². The van der Waals surface area contributed by atoms with Gasteiger partial charge < -0.3 is 9.88 Å². The summed E-state index contributed by atoms with van der Waals surface area (Å²) in [6.45, 7) is 2.85. The van der Waals surface area contributed by atoms with E-state index in [0.717, 1.165) is 28.7 Å². The lowest BCUT2D eigenvalue weighted by molar-refractivity contribution is -0.137. The highest BCUT2D eigenvalue weighted by Gasteiger charge is 2.30. The first-order chi connectivity index (χ1) is 11.9. The number of rotatable bonds is 4. The first-order valence-corrected chi connectivity index (χ1v) is 7.86. The maximum Gasteiger partial charge on any atom is 0.416 e. The molecule has 0 unspecified atom stereocenters. The fraction of sp³-hybridized carbons (Fsp3) is 0.211. The van der Waals surface area contributed by atoms with Crippen LogP contribution in [0.1, 0.15) is 21.6 Å². The molecule has 0 saturated carbocycles. The predicted molar refractivity (Wildman–Crippen MR) is 90.5 cm³/mol. The van der Waals surface area contributed by atoms with Crippen LogP contribution in [0.15, 0.2) is 54.6 Å². The minimum Gasteiger partial charge on any atom is -0.350 e. The number of alkyl halides is 3. The molecule has 0 bridgehead atoms. The number of aromatic nitrogens is 1. The van der Waals surface area contributed by atoms with Crippen LogP contribution in [-0.2, 0) is 12.7 Å². The van der Waals surface area contributed by atoms with Crippen LogP contribution in [0.4, 0.5) is 13.2 Å². The van der Waals surface area contributed by atoms with Crippen LogP contribution in [0, 0.1) is 6.92 Å². The number of hydrogen-bond acceptors (Lipinski definition) is 1. The van der Waals surface area contributed by atoms with E-state index in [0.29, 0.717) is 13.1 Å². The fourth-order valence-corrected chi connectivity index (χ4v) is 2.87. The van der Waals surface area contributed by atoms with Crippen molar-refractivity contribution in [3.63, 3.8) is 0 Å². The van der Waals surface area contributed by atoms with Crippen LogP contribution in [-0.4, -0.2) is 17.0 Å². The number of carbonyl (C=O) groups is 1. The molecule has 1 amide bonds.